The van der Waals surface area contributed by atoms with Crippen molar-refractivity contribution in [3.05, 3.63) is 11.4 Å². The summed E-state index contributed by atoms with van der Waals surface area (Å²) in [5, 5.41) is 4.24. The number of aryl methyl sites for hydroxylation is 1. The predicted octanol–water partition coefficient (Wildman–Crippen LogP) is 0.554. The summed E-state index contributed by atoms with van der Waals surface area (Å²) in [6.07, 6.45) is 2.66. The average Bonchev–Trinajstić information content (AvgIpc) is 2.69. The molecular formula is C13H26N4O3S. The SMILES string of the molecule is COCCCCCNS(=O)(=O)c1c(C)nn(CCN)c1C. The lowest BCUT2D eigenvalue weighted by atomic mass is 10.2. The van der Waals surface area contributed by atoms with E-state index in [9.17, 15) is 8.42 Å². The number of methoxy groups -OCH3 is 1. The fourth-order valence-electron chi connectivity index (χ4n) is 2.24. The molecule has 0 aliphatic carbocycles. The van der Waals surface area contributed by atoms with Crippen LogP contribution in [0.2, 0.25) is 0 Å². The molecule has 0 fully saturated rings. The van der Waals surface area contributed by atoms with Crippen LogP contribution in [0.1, 0.15) is 30.7 Å². The Morgan fingerprint density at radius 3 is 2.62 bits per heavy atom. The Bertz CT molecular complexity index is 540. The number of ether oxygens (including phenoxy) is 1. The van der Waals surface area contributed by atoms with Gasteiger partial charge in [0.15, 0.2) is 0 Å². The number of hydrogen-bond donors (Lipinski definition) is 2. The van der Waals surface area contributed by atoms with Crippen molar-refractivity contribution < 1.29 is 13.2 Å². The van der Waals surface area contributed by atoms with Crippen molar-refractivity contribution in [3.8, 4) is 0 Å². The van der Waals surface area contributed by atoms with Gasteiger partial charge in [-0.05, 0) is 33.1 Å². The summed E-state index contributed by atoms with van der Waals surface area (Å²) >= 11 is 0. The zero-order valence-electron chi connectivity index (χ0n) is 13.1. The highest BCUT2D eigenvalue weighted by atomic mass is 32.2. The Labute approximate surface area is 126 Å². The van der Waals surface area contributed by atoms with Gasteiger partial charge in [0.25, 0.3) is 0 Å². The third-order valence-electron chi connectivity index (χ3n) is 3.24. The lowest BCUT2D eigenvalue weighted by Crippen LogP contribution is -2.26. The highest BCUT2D eigenvalue weighted by molar-refractivity contribution is 7.89. The Hall–Kier alpha value is -0.960. The maximum absolute atomic E-state index is 12.4. The molecule has 0 unspecified atom stereocenters. The summed E-state index contributed by atoms with van der Waals surface area (Å²) in [5.74, 6) is 0. The molecule has 0 saturated heterocycles. The average molecular weight is 318 g/mol. The second-order valence-corrected chi connectivity index (χ2v) is 6.67. The minimum Gasteiger partial charge on any atom is -0.385 e. The molecule has 0 saturated carbocycles. The van der Waals surface area contributed by atoms with Crippen molar-refractivity contribution in [1.82, 2.24) is 14.5 Å². The first-order valence-corrected chi connectivity index (χ1v) is 8.65. The van der Waals surface area contributed by atoms with Gasteiger partial charge in [-0.15, -0.1) is 0 Å². The minimum atomic E-state index is -3.52. The minimum absolute atomic E-state index is 0.271. The second-order valence-electron chi connectivity index (χ2n) is 4.96. The van der Waals surface area contributed by atoms with Crippen LogP contribution in [0.25, 0.3) is 0 Å². The Morgan fingerprint density at radius 2 is 2.00 bits per heavy atom. The van der Waals surface area contributed by atoms with Gasteiger partial charge in [0.2, 0.25) is 10.0 Å². The predicted molar refractivity (Wildman–Crippen MR) is 81.7 cm³/mol. The normalized spacial score (nSPS) is 12.0. The molecule has 0 radical (unpaired) electrons. The molecule has 3 N–H and O–H groups in total. The second kappa shape index (κ2) is 8.47. The van der Waals surface area contributed by atoms with Crippen LogP contribution in [-0.2, 0) is 21.3 Å². The van der Waals surface area contributed by atoms with E-state index in [-0.39, 0.29) is 4.90 Å². The van der Waals surface area contributed by atoms with Crippen LogP contribution in [-0.4, -0.2) is 45.0 Å². The zero-order chi connectivity index (χ0) is 15.9. The molecular weight excluding hydrogens is 292 g/mol. The summed E-state index contributed by atoms with van der Waals surface area (Å²) in [5.41, 5.74) is 6.64. The fraction of sp³-hybridized carbons (Fsp3) is 0.769. The van der Waals surface area contributed by atoms with Crippen LogP contribution >= 0.6 is 0 Å². The molecule has 0 aliphatic heterocycles. The summed E-state index contributed by atoms with van der Waals surface area (Å²) in [4.78, 5) is 0.271. The molecule has 0 spiro atoms. The van der Waals surface area contributed by atoms with Gasteiger partial charge in [-0.3, -0.25) is 4.68 Å². The number of sulfonamides is 1. The van der Waals surface area contributed by atoms with E-state index < -0.39 is 10.0 Å². The lowest BCUT2D eigenvalue weighted by Gasteiger charge is -2.07. The van der Waals surface area contributed by atoms with Crippen molar-refractivity contribution >= 4 is 10.0 Å². The van der Waals surface area contributed by atoms with Crippen LogP contribution < -0.4 is 10.5 Å². The number of rotatable bonds is 10. The smallest absolute Gasteiger partial charge is 0.244 e. The molecule has 7 nitrogen and oxygen atoms in total. The third-order valence-corrected chi connectivity index (χ3v) is 4.95. The molecule has 0 aliphatic rings. The first kappa shape index (κ1) is 18.1. The summed E-state index contributed by atoms with van der Waals surface area (Å²) in [6, 6.07) is 0. The summed E-state index contributed by atoms with van der Waals surface area (Å²) < 4.78 is 34.0. The summed E-state index contributed by atoms with van der Waals surface area (Å²) in [7, 11) is -1.86. The van der Waals surface area contributed by atoms with Crippen LogP contribution in [0.3, 0.4) is 0 Å². The Balaban J connectivity index is 2.66. The number of nitrogens with two attached hydrogens (primary N) is 1. The number of aromatic nitrogens is 2. The van der Waals surface area contributed by atoms with Gasteiger partial charge >= 0.3 is 0 Å². The maximum atomic E-state index is 12.4. The molecule has 122 valence electrons. The van der Waals surface area contributed by atoms with Gasteiger partial charge in [0, 0.05) is 26.8 Å². The third kappa shape index (κ3) is 5.06. The quantitative estimate of drug-likeness (QED) is 0.614. The van der Waals surface area contributed by atoms with Crippen LogP contribution in [0.4, 0.5) is 0 Å². The van der Waals surface area contributed by atoms with Crippen LogP contribution in [0, 0.1) is 13.8 Å². The molecule has 1 aromatic rings. The molecule has 1 heterocycles. The lowest BCUT2D eigenvalue weighted by molar-refractivity contribution is 0.192. The topological polar surface area (TPSA) is 99.2 Å². The van der Waals surface area contributed by atoms with E-state index in [2.05, 4.69) is 9.82 Å². The number of hydrogen-bond acceptors (Lipinski definition) is 5. The summed E-state index contributed by atoms with van der Waals surface area (Å²) in [6.45, 7) is 5.52. The van der Waals surface area contributed by atoms with Gasteiger partial charge in [-0.2, -0.15) is 5.10 Å². The highest BCUT2D eigenvalue weighted by Crippen LogP contribution is 2.19. The molecule has 0 amide bonds. The molecule has 8 heteroatoms. The fourth-order valence-corrected chi connectivity index (χ4v) is 3.72. The van der Waals surface area contributed by atoms with Crippen molar-refractivity contribution in [3.63, 3.8) is 0 Å². The van der Waals surface area contributed by atoms with Crippen LogP contribution in [0.5, 0.6) is 0 Å². The largest absolute Gasteiger partial charge is 0.385 e. The monoisotopic (exact) mass is 318 g/mol. The van der Waals surface area contributed by atoms with E-state index in [1.165, 1.54) is 0 Å². The van der Waals surface area contributed by atoms with Crippen molar-refractivity contribution in [1.29, 1.82) is 0 Å². The van der Waals surface area contributed by atoms with Crippen molar-refractivity contribution in [2.75, 3.05) is 26.8 Å². The van der Waals surface area contributed by atoms with Gasteiger partial charge in [0.1, 0.15) is 4.90 Å². The van der Waals surface area contributed by atoms with Gasteiger partial charge in [-0.25, -0.2) is 13.1 Å². The molecule has 21 heavy (non-hydrogen) atoms. The molecule has 0 bridgehead atoms. The Morgan fingerprint density at radius 1 is 1.29 bits per heavy atom. The van der Waals surface area contributed by atoms with E-state index in [1.807, 2.05) is 0 Å². The van der Waals surface area contributed by atoms with E-state index in [0.29, 0.717) is 37.6 Å². The van der Waals surface area contributed by atoms with Crippen molar-refractivity contribution in [2.45, 2.75) is 44.6 Å². The Kier molecular flexibility index (Phi) is 7.30. The number of nitrogens with zero attached hydrogens (tertiary/aromatic N) is 2. The zero-order valence-corrected chi connectivity index (χ0v) is 13.9. The van der Waals surface area contributed by atoms with E-state index >= 15 is 0 Å². The van der Waals surface area contributed by atoms with Crippen molar-refractivity contribution in [2.24, 2.45) is 5.73 Å². The number of nitrogens with one attached hydrogen (secondary N) is 1. The van der Waals surface area contributed by atoms with E-state index in [1.54, 1.807) is 25.6 Å². The van der Waals surface area contributed by atoms with Gasteiger partial charge < -0.3 is 10.5 Å². The maximum Gasteiger partial charge on any atom is 0.244 e. The molecule has 1 aromatic heterocycles. The number of unbranched alkanes of at least 4 members (excludes halogenated alkanes) is 2. The van der Waals surface area contributed by atoms with E-state index in [0.717, 1.165) is 19.3 Å². The molecule has 1 rings (SSSR count). The first-order valence-electron chi connectivity index (χ1n) is 7.16. The highest BCUT2D eigenvalue weighted by Gasteiger charge is 2.23. The first-order chi connectivity index (χ1) is 9.94. The van der Waals surface area contributed by atoms with E-state index in [4.69, 9.17) is 10.5 Å². The van der Waals surface area contributed by atoms with Crippen LogP contribution in [0.15, 0.2) is 4.90 Å². The van der Waals surface area contributed by atoms with Gasteiger partial charge in [-0.1, -0.05) is 0 Å². The molecule has 0 atom stereocenters. The van der Waals surface area contributed by atoms with Gasteiger partial charge in [0.05, 0.1) is 17.9 Å². The molecule has 0 aromatic carbocycles. The standard InChI is InChI=1S/C13H26N4O3S/c1-11-13(12(2)17(16-11)9-7-14)21(18,19)15-8-5-4-6-10-20-3/h15H,4-10,14H2,1-3H3.